The van der Waals surface area contributed by atoms with E-state index in [1.807, 2.05) is 0 Å². The van der Waals surface area contributed by atoms with E-state index in [4.69, 9.17) is 0 Å². The second-order valence-electron chi connectivity index (χ2n) is 5.53. The van der Waals surface area contributed by atoms with Crippen molar-refractivity contribution in [3.05, 3.63) is 23.0 Å². The van der Waals surface area contributed by atoms with Gasteiger partial charge in [-0.15, -0.1) is 0 Å². The van der Waals surface area contributed by atoms with E-state index in [1.165, 1.54) is 36.0 Å². The Morgan fingerprint density at radius 3 is 2.79 bits per heavy atom. The molecule has 3 nitrogen and oxygen atoms in total. The van der Waals surface area contributed by atoms with Gasteiger partial charge in [-0.1, -0.05) is 0 Å². The summed E-state index contributed by atoms with van der Waals surface area (Å²) in [6, 6.07) is 2.10. The second-order valence-corrected chi connectivity index (χ2v) is 6.75. The molecule has 0 amide bonds. The highest BCUT2D eigenvalue weighted by atomic mass is 32.2. The molecule has 0 N–H and O–H groups in total. The van der Waals surface area contributed by atoms with Crippen molar-refractivity contribution >= 4 is 17.5 Å². The number of hydrogen-bond acceptors (Lipinski definition) is 3. The number of rotatable bonds is 3. The number of ketones is 1. The van der Waals surface area contributed by atoms with Crippen LogP contribution in [0.5, 0.6) is 0 Å². The molecule has 4 heteroatoms. The molecule has 0 bridgehead atoms. The highest BCUT2D eigenvalue weighted by Gasteiger charge is 2.22. The molecule has 0 atom stereocenters. The van der Waals surface area contributed by atoms with Gasteiger partial charge in [0.05, 0.1) is 0 Å². The third kappa shape index (κ3) is 2.75. The van der Waals surface area contributed by atoms with Gasteiger partial charge in [0.15, 0.2) is 5.78 Å². The first-order valence-corrected chi connectivity index (χ1v) is 8.43. The third-order valence-corrected chi connectivity index (χ3v) is 5.22. The number of aryl methyl sites for hydroxylation is 1. The van der Waals surface area contributed by atoms with Gasteiger partial charge in [-0.25, -0.2) is 0 Å². The summed E-state index contributed by atoms with van der Waals surface area (Å²) in [6.07, 6.45) is 2.83. The Bertz CT molecular complexity index is 475. The van der Waals surface area contributed by atoms with Crippen molar-refractivity contribution in [3.63, 3.8) is 0 Å². The van der Waals surface area contributed by atoms with Gasteiger partial charge in [-0.05, 0) is 25.8 Å². The molecule has 1 aliphatic carbocycles. The third-order valence-electron chi connectivity index (χ3n) is 4.28. The lowest BCUT2D eigenvalue weighted by Crippen LogP contribution is -2.35. The van der Waals surface area contributed by atoms with E-state index in [-0.39, 0.29) is 0 Å². The minimum Gasteiger partial charge on any atom is -0.347 e. The molecule has 3 rings (SSSR count). The van der Waals surface area contributed by atoms with Gasteiger partial charge in [-0.3, -0.25) is 9.69 Å². The largest absolute Gasteiger partial charge is 0.347 e. The maximum absolute atomic E-state index is 11.9. The van der Waals surface area contributed by atoms with Gasteiger partial charge >= 0.3 is 0 Å². The van der Waals surface area contributed by atoms with Crippen molar-refractivity contribution in [3.8, 4) is 0 Å². The molecular formula is C15H22N2OS. The van der Waals surface area contributed by atoms with Crippen LogP contribution in [0, 0.1) is 6.92 Å². The fourth-order valence-corrected chi connectivity index (χ4v) is 4.15. The van der Waals surface area contributed by atoms with E-state index in [9.17, 15) is 4.79 Å². The van der Waals surface area contributed by atoms with Crippen molar-refractivity contribution in [2.45, 2.75) is 32.7 Å². The van der Waals surface area contributed by atoms with Crippen molar-refractivity contribution in [2.24, 2.45) is 0 Å². The molecule has 0 radical (unpaired) electrons. The molecule has 0 aromatic carbocycles. The Kier molecular flexibility index (Phi) is 3.99. The summed E-state index contributed by atoms with van der Waals surface area (Å²) in [5.41, 5.74) is 3.55. The van der Waals surface area contributed by atoms with E-state index in [2.05, 4.69) is 34.2 Å². The monoisotopic (exact) mass is 278 g/mol. The average Bonchev–Trinajstić information content (AvgIpc) is 2.75. The van der Waals surface area contributed by atoms with E-state index >= 15 is 0 Å². The van der Waals surface area contributed by atoms with E-state index < -0.39 is 0 Å². The van der Waals surface area contributed by atoms with Crippen molar-refractivity contribution in [2.75, 3.05) is 31.1 Å². The fraction of sp³-hybridized carbons (Fsp3) is 0.667. The smallest absolute Gasteiger partial charge is 0.164 e. The fourth-order valence-electron chi connectivity index (χ4n) is 3.17. The van der Waals surface area contributed by atoms with Gasteiger partial charge in [0, 0.05) is 61.1 Å². The van der Waals surface area contributed by atoms with Crippen molar-refractivity contribution < 1.29 is 4.79 Å². The lowest BCUT2D eigenvalue weighted by Gasteiger charge is -2.27. The SMILES string of the molecule is Cc1cc2c(n1CCN1CCSCC1)CCCC2=O. The van der Waals surface area contributed by atoms with Gasteiger partial charge < -0.3 is 4.57 Å². The number of carbonyl (C=O) groups is 1. The van der Waals surface area contributed by atoms with Crippen LogP contribution in [0.3, 0.4) is 0 Å². The van der Waals surface area contributed by atoms with Crippen molar-refractivity contribution in [1.29, 1.82) is 0 Å². The molecule has 0 saturated carbocycles. The van der Waals surface area contributed by atoms with Crippen LogP contribution in [0.15, 0.2) is 6.07 Å². The quantitative estimate of drug-likeness (QED) is 0.848. The van der Waals surface area contributed by atoms with E-state index in [0.717, 1.165) is 37.9 Å². The number of hydrogen-bond donors (Lipinski definition) is 0. The summed E-state index contributed by atoms with van der Waals surface area (Å²) >= 11 is 2.06. The van der Waals surface area contributed by atoms with Crippen LogP contribution in [0.2, 0.25) is 0 Å². The number of Topliss-reactive ketones (excluding diaryl/α,β-unsaturated/α-hetero) is 1. The summed E-state index contributed by atoms with van der Waals surface area (Å²) in [6.45, 7) is 6.73. The summed E-state index contributed by atoms with van der Waals surface area (Å²) in [7, 11) is 0. The highest BCUT2D eigenvalue weighted by Crippen LogP contribution is 2.25. The number of thioether (sulfide) groups is 1. The molecule has 1 aromatic rings. The predicted octanol–water partition coefficient (Wildman–Crippen LogP) is 2.36. The zero-order valence-electron chi connectivity index (χ0n) is 11.7. The lowest BCUT2D eigenvalue weighted by molar-refractivity contribution is 0.0971. The zero-order valence-corrected chi connectivity index (χ0v) is 12.5. The average molecular weight is 278 g/mol. The predicted molar refractivity (Wildman–Crippen MR) is 80.2 cm³/mol. The normalized spacial score (nSPS) is 20.6. The molecule has 1 aromatic heterocycles. The van der Waals surface area contributed by atoms with Crippen LogP contribution in [-0.2, 0) is 13.0 Å². The Hall–Kier alpha value is -0.740. The first kappa shape index (κ1) is 13.3. The standard InChI is InChI=1S/C15H22N2OS/c1-12-11-13-14(3-2-4-15(13)18)17(12)6-5-16-7-9-19-10-8-16/h11H,2-10H2,1H3. The molecule has 104 valence electrons. The Morgan fingerprint density at radius 1 is 1.21 bits per heavy atom. The second kappa shape index (κ2) is 5.71. The summed E-state index contributed by atoms with van der Waals surface area (Å²) < 4.78 is 2.38. The van der Waals surface area contributed by atoms with Gasteiger partial charge in [0.25, 0.3) is 0 Å². The minimum absolute atomic E-state index is 0.345. The Morgan fingerprint density at radius 2 is 2.00 bits per heavy atom. The van der Waals surface area contributed by atoms with Crippen LogP contribution in [0.4, 0.5) is 0 Å². The van der Waals surface area contributed by atoms with E-state index in [1.54, 1.807) is 0 Å². The summed E-state index contributed by atoms with van der Waals surface area (Å²) in [5, 5.41) is 0. The molecule has 0 spiro atoms. The number of aromatic nitrogens is 1. The topological polar surface area (TPSA) is 25.2 Å². The van der Waals surface area contributed by atoms with Gasteiger partial charge in [0.1, 0.15) is 0 Å². The van der Waals surface area contributed by atoms with Crippen LogP contribution in [0.1, 0.15) is 34.6 Å². The molecule has 2 aliphatic rings. The molecular weight excluding hydrogens is 256 g/mol. The van der Waals surface area contributed by atoms with E-state index in [0.29, 0.717) is 5.78 Å². The minimum atomic E-state index is 0.345. The zero-order chi connectivity index (χ0) is 13.2. The van der Waals surface area contributed by atoms with Gasteiger partial charge in [0.2, 0.25) is 0 Å². The summed E-state index contributed by atoms with van der Waals surface area (Å²) in [5.74, 6) is 2.88. The number of nitrogens with zero attached hydrogens (tertiary/aromatic N) is 2. The highest BCUT2D eigenvalue weighted by molar-refractivity contribution is 7.99. The molecule has 19 heavy (non-hydrogen) atoms. The maximum atomic E-state index is 11.9. The van der Waals surface area contributed by atoms with Gasteiger partial charge in [-0.2, -0.15) is 11.8 Å². The molecule has 1 fully saturated rings. The molecule has 0 unspecified atom stereocenters. The Balaban J connectivity index is 1.72. The first-order valence-electron chi connectivity index (χ1n) is 7.28. The molecule has 1 aliphatic heterocycles. The summed E-state index contributed by atoms with van der Waals surface area (Å²) in [4.78, 5) is 14.5. The van der Waals surface area contributed by atoms with Crippen LogP contribution >= 0.6 is 11.8 Å². The number of carbonyl (C=O) groups excluding carboxylic acids is 1. The Labute approximate surface area is 119 Å². The van der Waals surface area contributed by atoms with Crippen LogP contribution in [0.25, 0.3) is 0 Å². The van der Waals surface area contributed by atoms with Crippen LogP contribution < -0.4 is 0 Å². The lowest BCUT2D eigenvalue weighted by atomic mass is 9.97. The molecule has 1 saturated heterocycles. The maximum Gasteiger partial charge on any atom is 0.164 e. The van der Waals surface area contributed by atoms with Crippen molar-refractivity contribution in [1.82, 2.24) is 9.47 Å². The van der Waals surface area contributed by atoms with Crippen LogP contribution in [-0.4, -0.2) is 46.4 Å². The number of fused-ring (bicyclic) bond motifs is 1. The molecule has 2 heterocycles. The first-order chi connectivity index (χ1) is 9.25.